The molecule has 3 aliphatic heterocycles. The summed E-state index contributed by atoms with van der Waals surface area (Å²) in [7, 11) is 0. The van der Waals surface area contributed by atoms with E-state index in [-0.39, 0.29) is 0 Å². The summed E-state index contributed by atoms with van der Waals surface area (Å²) in [5, 5.41) is 7.20. The highest BCUT2D eigenvalue weighted by atomic mass is 16.5. The molecule has 0 bridgehead atoms. The molecule has 3 fully saturated rings. The molecule has 0 aromatic heterocycles. The van der Waals surface area contributed by atoms with E-state index in [0.29, 0.717) is 24.3 Å². The molecule has 3 saturated heterocycles. The second-order valence-electron chi connectivity index (χ2n) is 5.55. The van der Waals surface area contributed by atoms with Crippen LogP contribution in [0.4, 0.5) is 0 Å². The summed E-state index contributed by atoms with van der Waals surface area (Å²) in [6.45, 7) is 2.38. The first-order valence-electron chi connectivity index (χ1n) is 7.06. The molecule has 2 N–H and O–H groups in total. The molecule has 4 atom stereocenters. The van der Waals surface area contributed by atoms with Crippen LogP contribution in [0.1, 0.15) is 44.9 Å². The third-order valence-electron chi connectivity index (χ3n) is 4.43. The molecular weight excluding hydrogens is 200 g/mol. The van der Waals surface area contributed by atoms with Crippen molar-refractivity contribution >= 4 is 0 Å². The maximum absolute atomic E-state index is 6.26. The Kier molecular flexibility index (Phi) is 3.46. The summed E-state index contributed by atoms with van der Waals surface area (Å²) in [5.74, 6) is 0. The molecular formula is C13H24N2O. The third kappa shape index (κ3) is 2.27. The zero-order valence-corrected chi connectivity index (χ0v) is 10.1. The fraction of sp³-hybridized carbons (Fsp3) is 1.00. The highest BCUT2D eigenvalue weighted by Gasteiger charge is 2.36. The molecule has 0 aliphatic carbocycles. The topological polar surface area (TPSA) is 33.3 Å². The standard InChI is InChI=1S/C13H24N2O/c1-2-8-14-10(4-1)12-6-7-13(16-12)11-5-3-9-15-11/h10-15H,1-9H2. The molecule has 0 aromatic rings. The van der Waals surface area contributed by atoms with E-state index < -0.39 is 0 Å². The Hall–Kier alpha value is -0.120. The van der Waals surface area contributed by atoms with Gasteiger partial charge in [-0.2, -0.15) is 0 Å². The average Bonchev–Trinajstić information content (AvgIpc) is 3.01. The van der Waals surface area contributed by atoms with Crippen LogP contribution in [0.15, 0.2) is 0 Å². The van der Waals surface area contributed by atoms with Crippen molar-refractivity contribution in [2.75, 3.05) is 13.1 Å². The van der Waals surface area contributed by atoms with E-state index in [2.05, 4.69) is 10.6 Å². The minimum atomic E-state index is 0.493. The van der Waals surface area contributed by atoms with Crippen LogP contribution in [0.5, 0.6) is 0 Å². The van der Waals surface area contributed by atoms with E-state index in [1.165, 1.54) is 58.0 Å². The highest BCUT2D eigenvalue weighted by Crippen LogP contribution is 2.29. The number of rotatable bonds is 2. The molecule has 16 heavy (non-hydrogen) atoms. The smallest absolute Gasteiger partial charge is 0.0733 e. The number of ether oxygens (including phenoxy) is 1. The van der Waals surface area contributed by atoms with E-state index in [1.54, 1.807) is 0 Å². The van der Waals surface area contributed by atoms with Gasteiger partial charge in [-0.25, -0.2) is 0 Å². The predicted octanol–water partition coefficient (Wildman–Crippen LogP) is 1.43. The van der Waals surface area contributed by atoms with Crippen molar-refractivity contribution in [1.82, 2.24) is 10.6 Å². The van der Waals surface area contributed by atoms with Gasteiger partial charge in [0.15, 0.2) is 0 Å². The first kappa shape index (κ1) is 11.0. The van der Waals surface area contributed by atoms with Crippen molar-refractivity contribution in [2.24, 2.45) is 0 Å². The largest absolute Gasteiger partial charge is 0.372 e. The minimum absolute atomic E-state index is 0.493. The van der Waals surface area contributed by atoms with Crippen LogP contribution in [0.3, 0.4) is 0 Å². The van der Waals surface area contributed by atoms with Gasteiger partial charge in [-0.05, 0) is 51.6 Å². The Morgan fingerprint density at radius 2 is 1.31 bits per heavy atom. The number of hydrogen-bond donors (Lipinski definition) is 2. The Labute approximate surface area is 98.3 Å². The second kappa shape index (κ2) is 5.03. The number of piperidine rings is 1. The Morgan fingerprint density at radius 1 is 0.688 bits per heavy atom. The lowest BCUT2D eigenvalue weighted by atomic mass is 9.97. The van der Waals surface area contributed by atoms with Gasteiger partial charge in [-0.15, -0.1) is 0 Å². The quantitative estimate of drug-likeness (QED) is 0.744. The molecule has 0 radical (unpaired) electrons. The van der Waals surface area contributed by atoms with Gasteiger partial charge < -0.3 is 15.4 Å². The van der Waals surface area contributed by atoms with Crippen LogP contribution in [0.25, 0.3) is 0 Å². The number of nitrogens with one attached hydrogen (secondary N) is 2. The summed E-state index contributed by atoms with van der Waals surface area (Å²) in [6.07, 6.45) is 10.2. The van der Waals surface area contributed by atoms with Crippen molar-refractivity contribution in [1.29, 1.82) is 0 Å². The van der Waals surface area contributed by atoms with E-state index in [4.69, 9.17) is 4.74 Å². The van der Waals surface area contributed by atoms with Gasteiger partial charge in [0.2, 0.25) is 0 Å². The van der Waals surface area contributed by atoms with Crippen LogP contribution >= 0.6 is 0 Å². The average molecular weight is 224 g/mol. The maximum Gasteiger partial charge on any atom is 0.0733 e. The van der Waals surface area contributed by atoms with Gasteiger partial charge in [-0.1, -0.05) is 6.42 Å². The maximum atomic E-state index is 6.26. The van der Waals surface area contributed by atoms with Gasteiger partial charge in [-0.3, -0.25) is 0 Å². The summed E-state index contributed by atoms with van der Waals surface area (Å²) >= 11 is 0. The first-order valence-corrected chi connectivity index (χ1v) is 7.06. The zero-order chi connectivity index (χ0) is 10.8. The van der Waals surface area contributed by atoms with Crippen LogP contribution in [-0.2, 0) is 4.74 Å². The summed E-state index contributed by atoms with van der Waals surface area (Å²) < 4.78 is 6.26. The molecule has 92 valence electrons. The van der Waals surface area contributed by atoms with E-state index in [9.17, 15) is 0 Å². The van der Waals surface area contributed by atoms with Crippen molar-refractivity contribution in [3.8, 4) is 0 Å². The molecule has 0 saturated carbocycles. The van der Waals surface area contributed by atoms with Gasteiger partial charge in [0.05, 0.1) is 12.2 Å². The lowest BCUT2D eigenvalue weighted by Crippen LogP contribution is -2.44. The van der Waals surface area contributed by atoms with E-state index >= 15 is 0 Å². The first-order chi connectivity index (χ1) is 7.93. The molecule has 3 nitrogen and oxygen atoms in total. The molecule has 3 rings (SSSR count). The number of hydrogen-bond acceptors (Lipinski definition) is 3. The predicted molar refractivity (Wildman–Crippen MR) is 64.6 cm³/mol. The fourth-order valence-electron chi connectivity index (χ4n) is 3.51. The normalized spacial score (nSPS) is 45.0. The Morgan fingerprint density at radius 3 is 1.88 bits per heavy atom. The minimum Gasteiger partial charge on any atom is -0.372 e. The van der Waals surface area contributed by atoms with Crippen molar-refractivity contribution in [2.45, 2.75) is 69.2 Å². The molecule has 0 aromatic carbocycles. The van der Waals surface area contributed by atoms with Crippen LogP contribution in [0.2, 0.25) is 0 Å². The van der Waals surface area contributed by atoms with Gasteiger partial charge in [0, 0.05) is 12.1 Å². The second-order valence-corrected chi connectivity index (χ2v) is 5.55. The molecule has 3 aliphatic rings. The summed E-state index contributed by atoms with van der Waals surface area (Å²) in [4.78, 5) is 0. The van der Waals surface area contributed by atoms with Crippen molar-refractivity contribution in [3.05, 3.63) is 0 Å². The van der Waals surface area contributed by atoms with Crippen molar-refractivity contribution < 1.29 is 4.74 Å². The van der Waals surface area contributed by atoms with Gasteiger partial charge in [0.25, 0.3) is 0 Å². The van der Waals surface area contributed by atoms with E-state index in [1.807, 2.05) is 0 Å². The summed E-state index contributed by atoms with van der Waals surface area (Å²) in [6, 6.07) is 1.29. The van der Waals surface area contributed by atoms with Crippen LogP contribution < -0.4 is 10.6 Å². The van der Waals surface area contributed by atoms with Gasteiger partial charge >= 0.3 is 0 Å². The molecule has 4 unspecified atom stereocenters. The molecule has 3 heteroatoms. The lowest BCUT2D eigenvalue weighted by Gasteiger charge is -2.29. The molecule has 3 heterocycles. The Balaban J connectivity index is 1.51. The SMILES string of the molecule is C1CCC(C2CCC(C3CCCN3)O2)NC1. The fourth-order valence-corrected chi connectivity index (χ4v) is 3.51. The third-order valence-corrected chi connectivity index (χ3v) is 4.43. The van der Waals surface area contributed by atoms with Gasteiger partial charge in [0.1, 0.15) is 0 Å². The summed E-state index contributed by atoms with van der Waals surface area (Å²) in [5.41, 5.74) is 0. The lowest BCUT2D eigenvalue weighted by molar-refractivity contribution is 0.00265. The highest BCUT2D eigenvalue weighted by molar-refractivity contribution is 4.91. The monoisotopic (exact) mass is 224 g/mol. The van der Waals surface area contributed by atoms with Crippen molar-refractivity contribution in [3.63, 3.8) is 0 Å². The van der Waals surface area contributed by atoms with Crippen LogP contribution in [0, 0.1) is 0 Å². The molecule has 0 spiro atoms. The zero-order valence-electron chi connectivity index (χ0n) is 10.1. The Bertz CT molecular complexity index is 222. The molecule has 0 amide bonds. The van der Waals surface area contributed by atoms with E-state index in [0.717, 1.165) is 0 Å². The van der Waals surface area contributed by atoms with Crippen LogP contribution in [-0.4, -0.2) is 37.4 Å².